The molecule has 1 rings (SSSR count). The van der Waals surface area contributed by atoms with E-state index in [-0.39, 0.29) is 11.3 Å². The number of hydrogen-bond donors (Lipinski definition) is 3. The van der Waals surface area contributed by atoms with Gasteiger partial charge in [-0.15, -0.1) is 0 Å². The quantitative estimate of drug-likeness (QED) is 0.740. The first kappa shape index (κ1) is 15.9. The molecule has 0 spiro atoms. The van der Waals surface area contributed by atoms with Crippen molar-refractivity contribution in [2.24, 2.45) is 0 Å². The Labute approximate surface area is 116 Å². The van der Waals surface area contributed by atoms with Crippen molar-refractivity contribution in [3.8, 4) is 0 Å². The average molecular weight is 283 g/mol. The summed E-state index contributed by atoms with van der Waals surface area (Å²) in [6, 6.07) is 2.55. The second kappa shape index (κ2) is 7.44. The predicted octanol–water partition coefficient (Wildman–Crippen LogP) is 1.60. The Balaban J connectivity index is 2.61. The second-order valence-electron chi connectivity index (χ2n) is 4.27. The number of carboxylic acids is 1. The number of anilines is 1. The largest absolute Gasteiger partial charge is 0.478 e. The minimum atomic E-state index is -1.23. The second-order valence-corrected chi connectivity index (χ2v) is 4.27. The molecule has 0 bridgehead atoms. The topological polar surface area (TPSA) is 81.7 Å². The number of carbonyl (C=O) groups is 2. The number of carboxylic acid groups (broad SMARTS) is 1. The molecule has 0 unspecified atom stereocenters. The number of halogens is 1. The van der Waals surface area contributed by atoms with Crippen LogP contribution < -0.4 is 10.6 Å². The van der Waals surface area contributed by atoms with Gasteiger partial charge in [-0.2, -0.15) is 0 Å². The fourth-order valence-corrected chi connectivity index (χ4v) is 1.49. The summed E-state index contributed by atoms with van der Waals surface area (Å²) in [5.41, 5.74) is -0.230. The predicted molar refractivity (Wildman–Crippen MR) is 73.6 cm³/mol. The number of aromatic carboxylic acids is 1. The fourth-order valence-electron chi connectivity index (χ4n) is 1.49. The average Bonchev–Trinajstić information content (AvgIpc) is 2.38. The van der Waals surface area contributed by atoms with Crippen molar-refractivity contribution in [3.05, 3.63) is 29.6 Å². The third kappa shape index (κ3) is 4.85. The first-order chi connectivity index (χ1) is 9.43. The molecule has 20 heavy (non-hydrogen) atoms. The highest BCUT2D eigenvalue weighted by Gasteiger charge is 2.13. The summed E-state index contributed by atoms with van der Waals surface area (Å²) < 4.78 is 13.1. The molecular formula is C13H18FN3O3. The summed E-state index contributed by atoms with van der Waals surface area (Å²) >= 11 is 0. The first-order valence-electron chi connectivity index (χ1n) is 6.20. The lowest BCUT2D eigenvalue weighted by Crippen LogP contribution is -2.35. The molecule has 110 valence electrons. The third-order valence-corrected chi connectivity index (χ3v) is 2.78. The number of nitrogens with zero attached hydrogens (tertiary/aromatic N) is 1. The summed E-state index contributed by atoms with van der Waals surface area (Å²) in [4.78, 5) is 24.6. The molecule has 0 aliphatic carbocycles. The maximum atomic E-state index is 13.1. The molecule has 7 heteroatoms. The Morgan fingerprint density at radius 3 is 2.70 bits per heavy atom. The molecule has 1 aromatic carbocycles. The molecule has 0 heterocycles. The van der Waals surface area contributed by atoms with Gasteiger partial charge in [0.2, 0.25) is 0 Å². The molecule has 0 aliphatic heterocycles. The van der Waals surface area contributed by atoms with Gasteiger partial charge in [0.05, 0.1) is 11.3 Å². The van der Waals surface area contributed by atoms with E-state index < -0.39 is 17.8 Å². The lowest BCUT2D eigenvalue weighted by molar-refractivity contribution is 0.0698. The SMILES string of the molecule is CCN(C)CCNC(=O)Nc1cc(F)ccc1C(=O)O. The van der Waals surface area contributed by atoms with Crippen molar-refractivity contribution in [1.82, 2.24) is 10.2 Å². The van der Waals surface area contributed by atoms with Gasteiger partial charge >= 0.3 is 12.0 Å². The summed E-state index contributed by atoms with van der Waals surface area (Å²) in [7, 11) is 1.91. The van der Waals surface area contributed by atoms with Crippen LogP contribution in [-0.2, 0) is 0 Å². The van der Waals surface area contributed by atoms with E-state index in [2.05, 4.69) is 10.6 Å². The van der Waals surface area contributed by atoms with Crippen LogP contribution in [0.4, 0.5) is 14.9 Å². The number of carbonyl (C=O) groups excluding carboxylic acids is 1. The van der Waals surface area contributed by atoms with Crippen LogP contribution in [0.2, 0.25) is 0 Å². The normalized spacial score (nSPS) is 10.4. The summed E-state index contributed by atoms with van der Waals surface area (Å²) in [5.74, 6) is -1.85. The van der Waals surface area contributed by atoms with E-state index in [4.69, 9.17) is 5.11 Å². The number of benzene rings is 1. The first-order valence-corrected chi connectivity index (χ1v) is 6.20. The zero-order valence-corrected chi connectivity index (χ0v) is 11.4. The van der Waals surface area contributed by atoms with Crippen LogP contribution in [-0.4, -0.2) is 48.7 Å². The van der Waals surface area contributed by atoms with Gasteiger partial charge in [-0.3, -0.25) is 0 Å². The Morgan fingerprint density at radius 1 is 1.40 bits per heavy atom. The minimum absolute atomic E-state index is 0.0705. The van der Waals surface area contributed by atoms with Crippen LogP contribution >= 0.6 is 0 Å². The van der Waals surface area contributed by atoms with Gasteiger partial charge in [-0.05, 0) is 31.8 Å². The molecular weight excluding hydrogens is 265 g/mol. The molecule has 0 aromatic heterocycles. The zero-order chi connectivity index (χ0) is 15.1. The van der Waals surface area contributed by atoms with E-state index in [1.54, 1.807) is 0 Å². The smallest absolute Gasteiger partial charge is 0.337 e. The maximum Gasteiger partial charge on any atom is 0.337 e. The van der Waals surface area contributed by atoms with Crippen LogP contribution in [0.3, 0.4) is 0 Å². The Bertz CT molecular complexity index is 494. The van der Waals surface area contributed by atoms with E-state index in [0.717, 1.165) is 24.7 Å². The van der Waals surface area contributed by atoms with Gasteiger partial charge < -0.3 is 20.6 Å². The lowest BCUT2D eigenvalue weighted by atomic mass is 10.2. The maximum absolute atomic E-state index is 13.1. The molecule has 0 radical (unpaired) electrons. The highest BCUT2D eigenvalue weighted by atomic mass is 19.1. The summed E-state index contributed by atoms with van der Waals surface area (Å²) in [5, 5.41) is 13.9. The number of rotatable bonds is 6. The standard InChI is InChI=1S/C13H18FN3O3/c1-3-17(2)7-6-15-13(20)16-11-8-9(14)4-5-10(11)12(18)19/h4-5,8H,3,6-7H2,1-2H3,(H,18,19)(H2,15,16,20). The molecule has 2 amide bonds. The van der Waals surface area contributed by atoms with Crippen LogP contribution in [0.25, 0.3) is 0 Å². The molecule has 0 fully saturated rings. The summed E-state index contributed by atoms with van der Waals surface area (Å²) in [6.07, 6.45) is 0. The molecule has 6 nitrogen and oxygen atoms in total. The van der Waals surface area contributed by atoms with Crippen LogP contribution in [0, 0.1) is 5.82 Å². The van der Waals surface area contributed by atoms with Crippen molar-refractivity contribution in [2.75, 3.05) is 32.0 Å². The monoisotopic (exact) mass is 283 g/mol. The molecule has 1 aromatic rings. The van der Waals surface area contributed by atoms with E-state index in [9.17, 15) is 14.0 Å². The van der Waals surface area contributed by atoms with Crippen molar-refractivity contribution in [1.29, 1.82) is 0 Å². The van der Waals surface area contributed by atoms with Gasteiger partial charge in [0.15, 0.2) is 0 Å². The third-order valence-electron chi connectivity index (χ3n) is 2.78. The molecule has 0 saturated heterocycles. The van der Waals surface area contributed by atoms with Gasteiger partial charge in [-0.1, -0.05) is 6.92 Å². The molecule has 0 saturated carbocycles. The lowest BCUT2D eigenvalue weighted by Gasteiger charge is -2.14. The number of hydrogen-bond acceptors (Lipinski definition) is 3. The summed E-state index contributed by atoms with van der Waals surface area (Å²) in [6.45, 7) is 3.93. The zero-order valence-electron chi connectivity index (χ0n) is 11.4. The van der Waals surface area contributed by atoms with E-state index >= 15 is 0 Å². The number of urea groups is 1. The Kier molecular flexibility index (Phi) is 5.92. The van der Waals surface area contributed by atoms with Crippen molar-refractivity contribution >= 4 is 17.7 Å². The highest BCUT2D eigenvalue weighted by Crippen LogP contribution is 2.17. The Hall–Kier alpha value is -2.15. The molecule has 3 N–H and O–H groups in total. The van der Waals surface area contributed by atoms with Crippen molar-refractivity contribution in [2.45, 2.75) is 6.92 Å². The number of amides is 2. The number of nitrogens with one attached hydrogen (secondary N) is 2. The van der Waals surface area contributed by atoms with Crippen LogP contribution in [0.5, 0.6) is 0 Å². The van der Waals surface area contributed by atoms with Crippen molar-refractivity contribution < 1.29 is 19.1 Å². The Morgan fingerprint density at radius 2 is 2.10 bits per heavy atom. The van der Waals surface area contributed by atoms with Crippen LogP contribution in [0.15, 0.2) is 18.2 Å². The van der Waals surface area contributed by atoms with Gasteiger partial charge in [-0.25, -0.2) is 14.0 Å². The van der Waals surface area contributed by atoms with Crippen LogP contribution in [0.1, 0.15) is 17.3 Å². The van der Waals surface area contributed by atoms with Crippen molar-refractivity contribution in [3.63, 3.8) is 0 Å². The molecule has 0 aliphatic rings. The minimum Gasteiger partial charge on any atom is -0.478 e. The van der Waals surface area contributed by atoms with Gasteiger partial charge in [0.25, 0.3) is 0 Å². The fraction of sp³-hybridized carbons (Fsp3) is 0.385. The van der Waals surface area contributed by atoms with Gasteiger partial charge in [0, 0.05) is 13.1 Å². The number of likely N-dealkylation sites (N-methyl/N-ethyl adjacent to an activating group) is 1. The molecule has 0 atom stereocenters. The van der Waals surface area contributed by atoms with Gasteiger partial charge in [0.1, 0.15) is 5.82 Å². The van der Waals surface area contributed by atoms with E-state index in [1.165, 1.54) is 0 Å². The van der Waals surface area contributed by atoms with E-state index in [1.807, 2.05) is 18.9 Å². The highest BCUT2D eigenvalue weighted by molar-refractivity contribution is 5.99. The van der Waals surface area contributed by atoms with E-state index in [0.29, 0.717) is 13.1 Å².